The fourth-order valence-corrected chi connectivity index (χ4v) is 1.39. The third-order valence-corrected chi connectivity index (χ3v) is 2.12. The maximum atomic E-state index is 12.1. The molecule has 0 saturated heterocycles. The Bertz CT molecular complexity index is 423. The fraction of sp³-hybridized carbons (Fsp3) is 0.300. The number of anilines is 1. The van der Waals surface area contributed by atoms with E-state index in [0.717, 1.165) is 0 Å². The van der Waals surface area contributed by atoms with E-state index in [0.29, 0.717) is 5.69 Å². The minimum absolute atomic E-state index is 0.0839. The highest BCUT2D eigenvalue weighted by Gasteiger charge is 2.26. The van der Waals surface area contributed by atoms with Gasteiger partial charge in [-0.15, -0.1) is 0 Å². The van der Waals surface area contributed by atoms with Crippen molar-refractivity contribution in [1.82, 2.24) is 0 Å². The molecule has 1 N–H and O–H groups in total. The van der Waals surface area contributed by atoms with Gasteiger partial charge in [-0.3, -0.25) is 4.79 Å². The fourth-order valence-electron chi connectivity index (χ4n) is 1.39. The van der Waals surface area contributed by atoms with Gasteiger partial charge in [0.2, 0.25) is 0 Å². The van der Waals surface area contributed by atoms with Crippen LogP contribution in [-0.4, -0.2) is 18.6 Å². The van der Waals surface area contributed by atoms with Crippen molar-refractivity contribution in [3.05, 3.63) is 18.2 Å². The maximum Gasteiger partial charge on any atom is 0.387 e. The van der Waals surface area contributed by atoms with Crippen molar-refractivity contribution in [2.75, 3.05) is 5.32 Å². The predicted molar refractivity (Wildman–Crippen MR) is 51.8 cm³/mol. The maximum absolute atomic E-state index is 12.1. The second-order valence-corrected chi connectivity index (χ2v) is 3.26. The number of amides is 1. The molecule has 0 aliphatic carbocycles. The van der Waals surface area contributed by atoms with Crippen molar-refractivity contribution in [3.63, 3.8) is 0 Å². The molecule has 1 atom stereocenters. The first kappa shape index (κ1) is 10.7. The van der Waals surface area contributed by atoms with Crippen LogP contribution in [0.2, 0.25) is 0 Å². The van der Waals surface area contributed by atoms with Gasteiger partial charge in [0, 0.05) is 0 Å². The Labute approximate surface area is 90.2 Å². The number of carbonyl (C=O) groups is 1. The number of fused-ring (bicyclic) bond motifs is 1. The van der Waals surface area contributed by atoms with Gasteiger partial charge in [-0.25, -0.2) is 0 Å². The number of carbonyl (C=O) groups excluding carboxylic acids is 1. The van der Waals surface area contributed by atoms with Gasteiger partial charge >= 0.3 is 6.61 Å². The molecular formula is C10H9F2NO3. The lowest BCUT2D eigenvalue weighted by Crippen LogP contribution is -2.34. The van der Waals surface area contributed by atoms with E-state index >= 15 is 0 Å². The average molecular weight is 229 g/mol. The number of nitrogens with one attached hydrogen (secondary N) is 1. The van der Waals surface area contributed by atoms with Gasteiger partial charge < -0.3 is 14.8 Å². The van der Waals surface area contributed by atoms with Gasteiger partial charge in [-0.05, 0) is 19.1 Å². The molecule has 0 radical (unpaired) electrons. The highest BCUT2D eigenvalue weighted by molar-refractivity contribution is 5.98. The van der Waals surface area contributed by atoms with Gasteiger partial charge in [0.25, 0.3) is 5.91 Å². The highest BCUT2D eigenvalue weighted by atomic mass is 19.3. The van der Waals surface area contributed by atoms with Crippen LogP contribution in [0.15, 0.2) is 18.2 Å². The number of para-hydroxylation sites is 1. The molecular weight excluding hydrogens is 220 g/mol. The summed E-state index contributed by atoms with van der Waals surface area (Å²) < 4.78 is 33.7. The van der Waals surface area contributed by atoms with E-state index in [9.17, 15) is 13.6 Å². The predicted octanol–water partition coefficient (Wildman–Crippen LogP) is 2.01. The van der Waals surface area contributed by atoms with Gasteiger partial charge in [0.15, 0.2) is 17.6 Å². The van der Waals surface area contributed by atoms with Crippen LogP contribution in [0, 0.1) is 0 Å². The van der Waals surface area contributed by atoms with Gasteiger partial charge in [-0.1, -0.05) is 6.07 Å². The van der Waals surface area contributed by atoms with E-state index in [1.807, 2.05) is 0 Å². The highest BCUT2D eigenvalue weighted by Crippen LogP contribution is 2.39. The van der Waals surface area contributed by atoms with E-state index in [-0.39, 0.29) is 17.4 Å². The number of rotatable bonds is 2. The molecule has 16 heavy (non-hydrogen) atoms. The second-order valence-electron chi connectivity index (χ2n) is 3.26. The minimum atomic E-state index is -2.93. The normalized spacial score (nSPS) is 18.8. The van der Waals surface area contributed by atoms with E-state index in [1.54, 1.807) is 6.07 Å². The molecule has 1 amide bonds. The number of halogens is 2. The Kier molecular flexibility index (Phi) is 2.64. The first-order chi connectivity index (χ1) is 7.58. The third-order valence-electron chi connectivity index (χ3n) is 2.12. The lowest BCUT2D eigenvalue weighted by molar-refractivity contribution is -0.122. The summed E-state index contributed by atoms with van der Waals surface area (Å²) in [5.41, 5.74) is 0.334. The summed E-state index contributed by atoms with van der Waals surface area (Å²) in [6.45, 7) is -1.40. The van der Waals surface area contributed by atoms with Crippen LogP contribution < -0.4 is 14.8 Å². The van der Waals surface area contributed by atoms with E-state index in [2.05, 4.69) is 10.1 Å². The molecule has 1 aliphatic rings. The molecule has 0 fully saturated rings. The summed E-state index contributed by atoms with van der Waals surface area (Å²) in [5, 5.41) is 2.53. The molecule has 4 nitrogen and oxygen atoms in total. The van der Waals surface area contributed by atoms with Crippen molar-refractivity contribution in [1.29, 1.82) is 0 Å². The van der Waals surface area contributed by atoms with Crippen LogP contribution >= 0.6 is 0 Å². The molecule has 86 valence electrons. The molecule has 2 rings (SSSR count). The largest absolute Gasteiger partial charge is 0.475 e. The Balaban J connectivity index is 2.36. The van der Waals surface area contributed by atoms with Crippen LogP contribution in [-0.2, 0) is 4.79 Å². The van der Waals surface area contributed by atoms with Gasteiger partial charge in [0.1, 0.15) is 0 Å². The van der Waals surface area contributed by atoms with Crippen molar-refractivity contribution >= 4 is 11.6 Å². The summed E-state index contributed by atoms with van der Waals surface area (Å²) in [6, 6.07) is 4.41. The molecule has 0 aromatic heterocycles. The SMILES string of the molecule is C[C@H]1Oc2c(cccc2OC(F)F)NC1=O. The Morgan fingerprint density at radius 3 is 2.94 bits per heavy atom. The van der Waals surface area contributed by atoms with Crippen LogP contribution in [0.1, 0.15) is 6.92 Å². The number of hydrogen-bond acceptors (Lipinski definition) is 3. The molecule has 1 aromatic rings. The van der Waals surface area contributed by atoms with Gasteiger partial charge in [0.05, 0.1) is 5.69 Å². The molecule has 1 aliphatic heterocycles. The molecule has 1 heterocycles. The van der Waals surface area contributed by atoms with Crippen molar-refractivity contribution in [3.8, 4) is 11.5 Å². The van der Waals surface area contributed by atoms with Crippen LogP contribution in [0.3, 0.4) is 0 Å². The van der Waals surface area contributed by atoms with Crippen LogP contribution in [0.5, 0.6) is 11.5 Å². The Morgan fingerprint density at radius 2 is 2.25 bits per heavy atom. The van der Waals surface area contributed by atoms with E-state index in [4.69, 9.17) is 4.74 Å². The van der Waals surface area contributed by atoms with Crippen molar-refractivity contribution < 1.29 is 23.0 Å². The van der Waals surface area contributed by atoms with Crippen LogP contribution in [0.25, 0.3) is 0 Å². The first-order valence-electron chi connectivity index (χ1n) is 4.63. The number of benzene rings is 1. The zero-order valence-corrected chi connectivity index (χ0v) is 8.37. The third kappa shape index (κ3) is 1.91. The second kappa shape index (κ2) is 3.96. The first-order valence-corrected chi connectivity index (χ1v) is 4.63. The molecule has 6 heteroatoms. The topological polar surface area (TPSA) is 47.6 Å². The molecule has 0 spiro atoms. The number of alkyl halides is 2. The molecule has 0 unspecified atom stereocenters. The summed E-state index contributed by atoms with van der Waals surface area (Å²) in [5.74, 6) is -0.268. The quantitative estimate of drug-likeness (QED) is 0.843. The zero-order valence-electron chi connectivity index (χ0n) is 8.37. The smallest absolute Gasteiger partial charge is 0.387 e. The summed E-state index contributed by atoms with van der Waals surface area (Å²) in [4.78, 5) is 11.3. The molecule has 0 saturated carbocycles. The van der Waals surface area contributed by atoms with Crippen molar-refractivity contribution in [2.24, 2.45) is 0 Å². The average Bonchev–Trinajstić information content (AvgIpc) is 2.20. The Morgan fingerprint density at radius 1 is 1.50 bits per heavy atom. The molecule has 0 bridgehead atoms. The molecule has 1 aromatic carbocycles. The Hall–Kier alpha value is -1.85. The summed E-state index contributed by atoms with van der Waals surface area (Å²) in [7, 11) is 0. The van der Waals surface area contributed by atoms with Crippen LogP contribution in [0.4, 0.5) is 14.5 Å². The number of ether oxygens (including phenoxy) is 2. The lowest BCUT2D eigenvalue weighted by Gasteiger charge is -2.24. The lowest BCUT2D eigenvalue weighted by atomic mass is 10.2. The minimum Gasteiger partial charge on any atom is -0.475 e. The van der Waals surface area contributed by atoms with Crippen molar-refractivity contribution in [2.45, 2.75) is 19.6 Å². The standard InChI is InChI=1S/C10H9F2NO3/c1-5-9(14)13-6-3-2-4-7(8(6)15-5)16-10(11)12/h2-5,10H,1H3,(H,13,14)/t5-/m1/s1. The van der Waals surface area contributed by atoms with E-state index < -0.39 is 12.7 Å². The van der Waals surface area contributed by atoms with E-state index in [1.165, 1.54) is 19.1 Å². The zero-order chi connectivity index (χ0) is 11.7. The van der Waals surface area contributed by atoms with Gasteiger partial charge in [-0.2, -0.15) is 8.78 Å². The summed E-state index contributed by atoms with van der Waals surface area (Å²) >= 11 is 0. The monoisotopic (exact) mass is 229 g/mol. The summed E-state index contributed by atoms with van der Waals surface area (Å²) in [6.07, 6.45) is -0.727. The number of hydrogen-bond donors (Lipinski definition) is 1.